The SMILES string of the molecule is CC(C)(C)OC(=O)n1cccc1-c1ccc(O)c2c1C[C@H]1C[C@H]3[C@@H](N4CCOCC4)C(=O)C(C(N)=O)=C(O)[C@@]3(O)C(=O)C1=C2O. The number of aromatic nitrogens is 1. The third-order valence-corrected chi connectivity index (χ3v) is 9.10. The van der Waals surface area contributed by atoms with Gasteiger partial charge in [0.2, 0.25) is 5.78 Å². The molecule has 2 fully saturated rings. The van der Waals surface area contributed by atoms with Crippen molar-refractivity contribution in [3.05, 3.63) is 58.5 Å². The van der Waals surface area contributed by atoms with E-state index in [0.29, 0.717) is 16.8 Å². The molecular formula is C32H35N3O10. The molecule has 0 spiro atoms. The third-order valence-electron chi connectivity index (χ3n) is 9.10. The maximum absolute atomic E-state index is 14.2. The smallest absolute Gasteiger partial charge is 0.418 e. The first-order valence-corrected chi connectivity index (χ1v) is 14.7. The molecule has 45 heavy (non-hydrogen) atoms. The number of aromatic hydroxyl groups is 1. The Balaban J connectivity index is 1.51. The van der Waals surface area contributed by atoms with Crippen molar-refractivity contribution in [3.8, 4) is 17.0 Å². The van der Waals surface area contributed by atoms with Gasteiger partial charge in [0.1, 0.15) is 28.4 Å². The zero-order valence-corrected chi connectivity index (χ0v) is 25.1. The number of fused-ring (bicyclic) bond motifs is 3. The summed E-state index contributed by atoms with van der Waals surface area (Å²) in [7, 11) is 0. The summed E-state index contributed by atoms with van der Waals surface area (Å²) in [5, 5.41) is 45.7. The monoisotopic (exact) mass is 621 g/mol. The number of Topliss-reactive ketones (excluding diaryl/α,β-unsaturated/α-hetero) is 2. The summed E-state index contributed by atoms with van der Waals surface area (Å²) in [6.45, 7) is 6.29. The lowest BCUT2D eigenvalue weighted by Gasteiger charge is -2.51. The van der Waals surface area contributed by atoms with Crippen molar-refractivity contribution in [2.45, 2.75) is 50.9 Å². The zero-order chi connectivity index (χ0) is 32.6. The van der Waals surface area contributed by atoms with E-state index in [-0.39, 0.29) is 56.0 Å². The van der Waals surface area contributed by atoms with Gasteiger partial charge < -0.3 is 35.6 Å². The molecule has 13 heteroatoms. The van der Waals surface area contributed by atoms with E-state index in [0.717, 1.165) is 0 Å². The summed E-state index contributed by atoms with van der Waals surface area (Å²) >= 11 is 0. The second-order valence-electron chi connectivity index (χ2n) is 12.9. The van der Waals surface area contributed by atoms with E-state index in [1.54, 1.807) is 43.9 Å². The van der Waals surface area contributed by atoms with Gasteiger partial charge in [0.05, 0.1) is 30.5 Å². The fourth-order valence-corrected chi connectivity index (χ4v) is 7.24. The summed E-state index contributed by atoms with van der Waals surface area (Å²) in [4.78, 5) is 55.1. The van der Waals surface area contributed by atoms with Gasteiger partial charge in [-0.05, 0) is 69.4 Å². The van der Waals surface area contributed by atoms with Gasteiger partial charge in [-0.3, -0.25) is 23.9 Å². The normalized spacial score (nSPS) is 27.2. The van der Waals surface area contributed by atoms with E-state index in [2.05, 4.69) is 0 Å². The number of aliphatic hydroxyl groups excluding tert-OH is 2. The Bertz CT molecular complexity index is 1710. The van der Waals surface area contributed by atoms with Crippen LogP contribution in [0.1, 0.15) is 38.3 Å². The number of primary amides is 1. The molecule has 6 N–H and O–H groups in total. The summed E-state index contributed by atoms with van der Waals surface area (Å²) < 4.78 is 12.3. The molecule has 4 aliphatic rings. The number of aliphatic hydroxyl groups is 3. The van der Waals surface area contributed by atoms with Gasteiger partial charge in [-0.25, -0.2) is 4.79 Å². The molecule has 0 bridgehead atoms. The number of amides is 1. The molecular weight excluding hydrogens is 586 g/mol. The highest BCUT2D eigenvalue weighted by Crippen LogP contribution is 2.54. The maximum Gasteiger partial charge on any atom is 0.418 e. The van der Waals surface area contributed by atoms with E-state index in [1.807, 2.05) is 0 Å². The van der Waals surface area contributed by atoms with Crippen LogP contribution in [0.3, 0.4) is 0 Å². The quantitative estimate of drug-likeness (QED) is 0.314. The minimum atomic E-state index is -2.74. The number of rotatable bonds is 3. The van der Waals surface area contributed by atoms with E-state index in [9.17, 15) is 39.6 Å². The van der Waals surface area contributed by atoms with E-state index in [4.69, 9.17) is 15.2 Å². The number of nitrogens with zero attached hydrogens (tertiary/aromatic N) is 2. The number of phenolic OH excluding ortho intramolecular Hbond substituents is 1. The third kappa shape index (κ3) is 4.64. The van der Waals surface area contributed by atoms with Crippen LogP contribution >= 0.6 is 0 Å². The highest BCUT2D eigenvalue weighted by Gasteiger charge is 2.64. The highest BCUT2D eigenvalue weighted by atomic mass is 16.6. The molecule has 1 aromatic carbocycles. The van der Waals surface area contributed by atoms with Gasteiger partial charge in [0.25, 0.3) is 5.91 Å². The first kappa shape index (κ1) is 30.6. The van der Waals surface area contributed by atoms with Crippen LogP contribution in [-0.4, -0.2) is 97.0 Å². The van der Waals surface area contributed by atoms with Gasteiger partial charge in [-0.1, -0.05) is 0 Å². The Morgan fingerprint density at radius 1 is 1.09 bits per heavy atom. The van der Waals surface area contributed by atoms with Gasteiger partial charge >= 0.3 is 6.09 Å². The lowest BCUT2D eigenvalue weighted by molar-refractivity contribution is -0.157. The van der Waals surface area contributed by atoms with Crippen molar-refractivity contribution in [3.63, 3.8) is 0 Å². The van der Waals surface area contributed by atoms with Crippen LogP contribution in [0.5, 0.6) is 5.75 Å². The molecule has 3 aliphatic carbocycles. The van der Waals surface area contributed by atoms with Crippen LogP contribution in [-0.2, 0) is 30.3 Å². The summed E-state index contributed by atoms with van der Waals surface area (Å²) in [5.74, 6) is -7.25. The van der Waals surface area contributed by atoms with Crippen LogP contribution in [0, 0.1) is 11.8 Å². The number of hydrogen-bond donors (Lipinski definition) is 5. The second kappa shape index (κ2) is 10.6. The molecule has 1 saturated carbocycles. The largest absolute Gasteiger partial charge is 0.508 e. The number of hydrogen-bond acceptors (Lipinski definition) is 11. The lowest BCUT2D eigenvalue weighted by Crippen LogP contribution is -2.67. The average molecular weight is 622 g/mol. The topological polar surface area (TPSA) is 202 Å². The molecule has 6 rings (SSSR count). The van der Waals surface area contributed by atoms with E-state index < -0.39 is 69.7 Å². The Kier molecular flexibility index (Phi) is 7.18. The molecule has 4 atom stereocenters. The van der Waals surface area contributed by atoms with Crippen molar-refractivity contribution in [1.82, 2.24) is 9.47 Å². The van der Waals surface area contributed by atoms with Crippen molar-refractivity contribution in [1.29, 1.82) is 0 Å². The number of carbonyl (C=O) groups is 4. The first-order valence-electron chi connectivity index (χ1n) is 14.7. The minimum absolute atomic E-state index is 0.0485. The molecule has 2 aromatic rings. The maximum atomic E-state index is 14.2. The molecule has 1 aromatic heterocycles. The van der Waals surface area contributed by atoms with Gasteiger partial charge in [0, 0.05) is 36.3 Å². The number of phenols is 1. The van der Waals surface area contributed by atoms with Crippen molar-refractivity contribution >= 4 is 29.3 Å². The van der Waals surface area contributed by atoms with Crippen LogP contribution in [0.15, 0.2) is 47.4 Å². The Morgan fingerprint density at radius 2 is 1.78 bits per heavy atom. The van der Waals surface area contributed by atoms with E-state index in [1.165, 1.54) is 16.8 Å². The lowest BCUT2D eigenvalue weighted by atomic mass is 9.57. The van der Waals surface area contributed by atoms with Gasteiger partial charge in [-0.15, -0.1) is 0 Å². The number of nitrogens with two attached hydrogens (primary N) is 1. The minimum Gasteiger partial charge on any atom is -0.508 e. The van der Waals surface area contributed by atoms with Crippen LogP contribution in [0.4, 0.5) is 4.79 Å². The molecule has 13 nitrogen and oxygen atoms in total. The highest BCUT2D eigenvalue weighted by molar-refractivity contribution is 6.24. The molecule has 2 heterocycles. The average Bonchev–Trinajstić information content (AvgIpc) is 3.45. The van der Waals surface area contributed by atoms with Crippen LogP contribution in [0.25, 0.3) is 17.0 Å². The Labute approximate surface area is 258 Å². The number of benzene rings is 1. The van der Waals surface area contributed by atoms with Gasteiger partial charge in [0.15, 0.2) is 11.4 Å². The molecule has 0 unspecified atom stereocenters. The predicted octanol–water partition coefficient (Wildman–Crippen LogP) is 1.99. The van der Waals surface area contributed by atoms with Crippen LogP contribution in [0.2, 0.25) is 0 Å². The number of ether oxygens (including phenoxy) is 2. The number of ketones is 2. The fraction of sp³-hybridized carbons (Fsp3) is 0.438. The second-order valence-corrected chi connectivity index (χ2v) is 12.9. The van der Waals surface area contributed by atoms with Crippen molar-refractivity contribution in [2.24, 2.45) is 17.6 Å². The number of carbonyl (C=O) groups excluding carboxylic acids is 4. The predicted molar refractivity (Wildman–Crippen MR) is 158 cm³/mol. The fourth-order valence-electron chi connectivity index (χ4n) is 7.24. The van der Waals surface area contributed by atoms with E-state index >= 15 is 0 Å². The standard InChI is InChI=1S/C32H35N3O10/c1-31(2,3)45-30(42)35-8-4-5-19(35)16-6-7-20(36)22-17(16)13-15-14-18-24(34-9-11-44-12-10-34)26(38)23(29(33)41)28(40)32(18,43)27(39)21(15)25(22)37/h4-8,15,18,24,36-37,40,43H,9-14H2,1-3H3,(H2,33,41)/t15-,18-,24+,32-/m0/s1. The number of morpholine rings is 1. The molecule has 1 saturated heterocycles. The summed E-state index contributed by atoms with van der Waals surface area (Å²) in [6.07, 6.45) is 0.920. The Hall–Kier alpha value is -4.46. The molecule has 1 aliphatic heterocycles. The van der Waals surface area contributed by atoms with Crippen molar-refractivity contribution in [2.75, 3.05) is 26.3 Å². The van der Waals surface area contributed by atoms with Gasteiger partial charge in [-0.2, -0.15) is 0 Å². The molecule has 1 amide bonds. The van der Waals surface area contributed by atoms with Crippen LogP contribution < -0.4 is 5.73 Å². The summed E-state index contributed by atoms with van der Waals surface area (Å²) in [5.41, 5.74) is 2.12. The first-order chi connectivity index (χ1) is 21.2. The Morgan fingerprint density at radius 3 is 2.42 bits per heavy atom. The van der Waals surface area contributed by atoms with Crippen molar-refractivity contribution < 1.29 is 49.1 Å². The summed E-state index contributed by atoms with van der Waals surface area (Å²) in [6, 6.07) is 5.06. The molecule has 0 radical (unpaired) electrons. The molecule has 238 valence electrons. The zero-order valence-electron chi connectivity index (χ0n) is 25.1.